The monoisotopic (exact) mass is 286 g/mol. The first-order valence-corrected chi connectivity index (χ1v) is 6.69. The molecular weight excluding hydrogens is 268 g/mol. The number of rotatable bonds is 5. The summed E-state index contributed by atoms with van der Waals surface area (Å²) in [5, 5.41) is 11.7. The van der Waals surface area contributed by atoms with Gasteiger partial charge in [-0.25, -0.2) is 0 Å². The molecule has 2 aromatic carbocycles. The average molecular weight is 286 g/mol. The van der Waals surface area contributed by atoms with Gasteiger partial charge in [-0.2, -0.15) is 0 Å². The molecule has 0 heterocycles. The molecular formula is C16H18N2O3. The number of nitrogens with one attached hydrogen (secondary N) is 1. The third kappa shape index (κ3) is 3.73. The van der Waals surface area contributed by atoms with Crippen molar-refractivity contribution >= 4 is 11.6 Å². The molecule has 5 nitrogen and oxygen atoms in total. The highest BCUT2D eigenvalue weighted by molar-refractivity contribution is 5.95. The molecule has 0 aliphatic rings. The van der Waals surface area contributed by atoms with E-state index in [9.17, 15) is 4.79 Å². The van der Waals surface area contributed by atoms with Gasteiger partial charge in [0.05, 0.1) is 12.3 Å². The van der Waals surface area contributed by atoms with Crippen molar-refractivity contribution in [3.05, 3.63) is 53.6 Å². The van der Waals surface area contributed by atoms with Crippen LogP contribution in [0.1, 0.15) is 22.8 Å². The Hall–Kier alpha value is -2.53. The summed E-state index contributed by atoms with van der Waals surface area (Å²) in [6.45, 7) is 2.41. The van der Waals surface area contributed by atoms with Crippen molar-refractivity contribution < 1.29 is 14.6 Å². The lowest BCUT2D eigenvalue weighted by Crippen LogP contribution is -2.22. The number of nitrogens with two attached hydrogens (primary N) is 1. The Morgan fingerprint density at radius 2 is 1.95 bits per heavy atom. The molecule has 110 valence electrons. The smallest absolute Gasteiger partial charge is 0.251 e. The molecule has 0 aliphatic heterocycles. The Bertz CT molecular complexity index is 624. The van der Waals surface area contributed by atoms with Gasteiger partial charge in [0.15, 0.2) is 0 Å². The number of ether oxygens (including phenoxy) is 1. The Kier molecular flexibility index (Phi) is 4.79. The number of carbonyl (C=O) groups excluding carboxylic acids is 1. The van der Waals surface area contributed by atoms with Gasteiger partial charge < -0.3 is 20.9 Å². The zero-order chi connectivity index (χ0) is 15.2. The van der Waals surface area contributed by atoms with E-state index in [1.54, 1.807) is 42.5 Å². The molecule has 0 atom stereocenters. The van der Waals surface area contributed by atoms with Crippen molar-refractivity contribution in [1.82, 2.24) is 5.32 Å². The van der Waals surface area contributed by atoms with E-state index in [1.165, 1.54) is 0 Å². The Balaban J connectivity index is 2.15. The predicted octanol–water partition coefficient (Wildman–Crippen LogP) is 2.30. The fourth-order valence-electron chi connectivity index (χ4n) is 1.84. The maximum Gasteiger partial charge on any atom is 0.251 e. The second-order valence-electron chi connectivity index (χ2n) is 4.52. The molecule has 21 heavy (non-hydrogen) atoms. The molecule has 5 heteroatoms. The topological polar surface area (TPSA) is 84.6 Å². The van der Waals surface area contributed by atoms with Crippen LogP contribution in [0.4, 0.5) is 5.69 Å². The summed E-state index contributed by atoms with van der Waals surface area (Å²) in [5.74, 6) is 0.938. The largest absolute Gasteiger partial charge is 0.455 e. The molecule has 2 rings (SSSR count). The van der Waals surface area contributed by atoms with Crippen LogP contribution in [0.2, 0.25) is 0 Å². The van der Waals surface area contributed by atoms with E-state index in [1.807, 2.05) is 6.92 Å². The lowest BCUT2D eigenvalue weighted by molar-refractivity contribution is 0.0956. The van der Waals surface area contributed by atoms with Crippen LogP contribution in [0.5, 0.6) is 11.5 Å². The predicted molar refractivity (Wildman–Crippen MR) is 81.3 cm³/mol. The number of hydrogen-bond donors (Lipinski definition) is 3. The van der Waals surface area contributed by atoms with Crippen LogP contribution in [0, 0.1) is 0 Å². The van der Waals surface area contributed by atoms with E-state index in [2.05, 4.69) is 5.32 Å². The van der Waals surface area contributed by atoms with Crippen LogP contribution in [-0.2, 0) is 6.61 Å². The quantitative estimate of drug-likeness (QED) is 0.736. The first-order chi connectivity index (χ1) is 10.1. The Labute approximate surface area is 123 Å². The Morgan fingerprint density at radius 3 is 2.52 bits per heavy atom. The van der Waals surface area contributed by atoms with Gasteiger partial charge in [-0.05, 0) is 42.8 Å². The lowest BCUT2D eigenvalue weighted by Gasteiger charge is -2.10. The summed E-state index contributed by atoms with van der Waals surface area (Å²) < 4.78 is 5.66. The van der Waals surface area contributed by atoms with Crippen molar-refractivity contribution in [2.45, 2.75) is 13.5 Å². The first kappa shape index (κ1) is 14.9. The molecule has 1 amide bonds. The minimum Gasteiger partial charge on any atom is -0.455 e. The lowest BCUT2D eigenvalue weighted by atomic mass is 10.1. The van der Waals surface area contributed by atoms with Crippen LogP contribution in [0.3, 0.4) is 0 Å². The zero-order valence-corrected chi connectivity index (χ0v) is 11.8. The highest BCUT2D eigenvalue weighted by Gasteiger charge is 2.08. The fraction of sp³-hybridized carbons (Fsp3) is 0.188. The third-order valence-corrected chi connectivity index (χ3v) is 2.94. The highest BCUT2D eigenvalue weighted by Crippen LogP contribution is 2.28. The molecule has 0 radical (unpaired) electrons. The molecule has 0 unspecified atom stereocenters. The van der Waals surface area contributed by atoms with E-state index in [-0.39, 0.29) is 12.5 Å². The number of anilines is 1. The molecule has 0 aliphatic carbocycles. The summed E-state index contributed by atoms with van der Waals surface area (Å²) in [5.41, 5.74) is 7.61. The molecule has 0 saturated carbocycles. The summed E-state index contributed by atoms with van der Waals surface area (Å²) in [6, 6.07) is 12.0. The molecule has 4 N–H and O–H groups in total. The van der Waals surface area contributed by atoms with Gasteiger partial charge in [-0.1, -0.05) is 12.1 Å². The second-order valence-corrected chi connectivity index (χ2v) is 4.52. The van der Waals surface area contributed by atoms with Crippen LogP contribution in [0.25, 0.3) is 0 Å². The first-order valence-electron chi connectivity index (χ1n) is 6.69. The van der Waals surface area contributed by atoms with Crippen LogP contribution in [0.15, 0.2) is 42.5 Å². The number of hydrogen-bond acceptors (Lipinski definition) is 4. The maximum absolute atomic E-state index is 11.7. The van der Waals surface area contributed by atoms with Gasteiger partial charge in [0.2, 0.25) is 0 Å². The molecule has 0 saturated heterocycles. The summed E-state index contributed by atoms with van der Waals surface area (Å²) in [4.78, 5) is 11.7. The fourth-order valence-corrected chi connectivity index (χ4v) is 1.84. The van der Waals surface area contributed by atoms with E-state index in [0.29, 0.717) is 29.3 Å². The summed E-state index contributed by atoms with van der Waals surface area (Å²) in [6.07, 6.45) is 0. The van der Waals surface area contributed by atoms with Crippen molar-refractivity contribution in [1.29, 1.82) is 0 Å². The Morgan fingerprint density at radius 1 is 1.24 bits per heavy atom. The zero-order valence-electron chi connectivity index (χ0n) is 11.8. The van der Waals surface area contributed by atoms with E-state index >= 15 is 0 Å². The highest BCUT2D eigenvalue weighted by atomic mass is 16.5. The second kappa shape index (κ2) is 6.76. The molecule has 0 spiro atoms. The van der Waals surface area contributed by atoms with E-state index in [4.69, 9.17) is 15.6 Å². The standard InChI is InChI=1S/C16H18N2O3/c1-2-18-16(20)12-5-8-15(14(17)9-12)21-13-6-3-11(10-19)4-7-13/h3-9,19H,2,10,17H2,1H3,(H,18,20). The van der Waals surface area contributed by atoms with Gasteiger partial charge in [0, 0.05) is 12.1 Å². The van der Waals surface area contributed by atoms with Crippen molar-refractivity contribution in [3.8, 4) is 11.5 Å². The van der Waals surface area contributed by atoms with Gasteiger partial charge in [-0.15, -0.1) is 0 Å². The average Bonchev–Trinajstić information content (AvgIpc) is 2.50. The van der Waals surface area contributed by atoms with Gasteiger partial charge in [0.25, 0.3) is 5.91 Å². The number of aliphatic hydroxyl groups excluding tert-OH is 1. The number of aliphatic hydroxyl groups is 1. The number of amides is 1. The van der Waals surface area contributed by atoms with Crippen LogP contribution >= 0.6 is 0 Å². The maximum atomic E-state index is 11.7. The van der Waals surface area contributed by atoms with E-state index in [0.717, 1.165) is 5.56 Å². The van der Waals surface area contributed by atoms with Gasteiger partial charge in [0.1, 0.15) is 11.5 Å². The van der Waals surface area contributed by atoms with Crippen molar-refractivity contribution in [2.24, 2.45) is 0 Å². The summed E-state index contributed by atoms with van der Waals surface area (Å²) >= 11 is 0. The minimum absolute atomic E-state index is 0.0103. The van der Waals surface area contributed by atoms with E-state index < -0.39 is 0 Å². The molecule has 0 bridgehead atoms. The SMILES string of the molecule is CCNC(=O)c1ccc(Oc2ccc(CO)cc2)c(N)c1. The molecule has 0 aromatic heterocycles. The normalized spacial score (nSPS) is 10.2. The molecule has 0 fully saturated rings. The summed E-state index contributed by atoms with van der Waals surface area (Å²) in [7, 11) is 0. The minimum atomic E-state index is -0.164. The third-order valence-electron chi connectivity index (χ3n) is 2.94. The van der Waals surface area contributed by atoms with Gasteiger partial charge in [-0.3, -0.25) is 4.79 Å². The van der Waals surface area contributed by atoms with Crippen LogP contribution < -0.4 is 15.8 Å². The molecule has 2 aromatic rings. The number of nitrogen functional groups attached to an aromatic ring is 1. The van der Waals surface area contributed by atoms with Crippen molar-refractivity contribution in [3.63, 3.8) is 0 Å². The van der Waals surface area contributed by atoms with Crippen molar-refractivity contribution in [2.75, 3.05) is 12.3 Å². The van der Waals surface area contributed by atoms with Gasteiger partial charge >= 0.3 is 0 Å². The number of carbonyl (C=O) groups is 1. The number of benzene rings is 2. The van der Waals surface area contributed by atoms with Crippen LogP contribution in [-0.4, -0.2) is 17.6 Å².